The lowest BCUT2D eigenvalue weighted by Gasteiger charge is -2.21. The van der Waals surface area contributed by atoms with Gasteiger partial charge in [0.25, 0.3) is 0 Å². The average molecular weight is 483 g/mol. The van der Waals surface area contributed by atoms with Gasteiger partial charge in [-0.3, -0.25) is 9.79 Å². The van der Waals surface area contributed by atoms with Crippen LogP contribution in [0, 0.1) is 11.8 Å². The van der Waals surface area contributed by atoms with E-state index in [-0.39, 0.29) is 47.9 Å². The van der Waals surface area contributed by atoms with Crippen LogP contribution in [-0.4, -0.2) is 76.0 Å². The SMILES string of the molecule is CCNC(=NCCCOCC1CCCO1)N1CC(C)C(C(=O)OC)C1.I. The first-order valence-corrected chi connectivity index (χ1v) is 9.46. The van der Waals surface area contributed by atoms with Crippen molar-refractivity contribution >= 4 is 35.9 Å². The smallest absolute Gasteiger partial charge is 0.310 e. The number of hydrogen-bond donors (Lipinski definition) is 1. The Kier molecular flexibility index (Phi) is 11.5. The maximum Gasteiger partial charge on any atom is 0.310 e. The highest BCUT2D eigenvalue weighted by atomic mass is 127. The summed E-state index contributed by atoms with van der Waals surface area (Å²) in [4.78, 5) is 18.7. The number of hydrogen-bond acceptors (Lipinski definition) is 5. The third kappa shape index (κ3) is 7.19. The minimum atomic E-state index is -0.131. The summed E-state index contributed by atoms with van der Waals surface area (Å²) in [6.45, 7) is 9.39. The van der Waals surface area contributed by atoms with Crippen LogP contribution in [-0.2, 0) is 19.0 Å². The molecule has 2 heterocycles. The number of likely N-dealkylation sites (tertiary alicyclic amines) is 1. The summed E-state index contributed by atoms with van der Waals surface area (Å²) in [6.07, 6.45) is 3.41. The molecule has 0 aromatic rings. The Hall–Kier alpha value is -0.610. The van der Waals surface area contributed by atoms with Crippen LogP contribution in [0.5, 0.6) is 0 Å². The summed E-state index contributed by atoms with van der Waals surface area (Å²) >= 11 is 0. The van der Waals surface area contributed by atoms with Gasteiger partial charge in [-0.15, -0.1) is 24.0 Å². The Morgan fingerprint density at radius 2 is 2.19 bits per heavy atom. The molecule has 26 heavy (non-hydrogen) atoms. The predicted octanol–water partition coefficient (Wildman–Crippen LogP) is 1.90. The molecule has 7 nitrogen and oxygen atoms in total. The van der Waals surface area contributed by atoms with E-state index in [1.54, 1.807) is 0 Å². The highest BCUT2D eigenvalue weighted by Crippen LogP contribution is 2.24. The molecule has 2 aliphatic heterocycles. The number of aliphatic imine (C=N–C) groups is 1. The third-order valence-electron chi connectivity index (χ3n) is 4.79. The third-order valence-corrected chi connectivity index (χ3v) is 4.79. The molecule has 0 radical (unpaired) electrons. The molecule has 2 saturated heterocycles. The summed E-state index contributed by atoms with van der Waals surface area (Å²) in [6, 6.07) is 0. The van der Waals surface area contributed by atoms with Gasteiger partial charge in [-0.2, -0.15) is 0 Å². The van der Waals surface area contributed by atoms with Gasteiger partial charge >= 0.3 is 5.97 Å². The fourth-order valence-electron chi connectivity index (χ4n) is 3.37. The molecule has 0 aromatic heterocycles. The first kappa shape index (κ1) is 23.4. The van der Waals surface area contributed by atoms with Gasteiger partial charge in [-0.25, -0.2) is 0 Å². The summed E-state index contributed by atoms with van der Waals surface area (Å²) in [5, 5.41) is 3.32. The molecule has 152 valence electrons. The molecule has 0 spiro atoms. The van der Waals surface area contributed by atoms with E-state index in [0.29, 0.717) is 26.3 Å². The van der Waals surface area contributed by atoms with Crippen molar-refractivity contribution in [1.29, 1.82) is 0 Å². The van der Waals surface area contributed by atoms with Crippen LogP contribution in [0.3, 0.4) is 0 Å². The van der Waals surface area contributed by atoms with E-state index >= 15 is 0 Å². The van der Waals surface area contributed by atoms with Gasteiger partial charge in [0, 0.05) is 39.4 Å². The van der Waals surface area contributed by atoms with E-state index in [0.717, 1.165) is 44.9 Å². The molecule has 3 unspecified atom stereocenters. The largest absolute Gasteiger partial charge is 0.469 e. The lowest BCUT2D eigenvalue weighted by atomic mass is 9.99. The van der Waals surface area contributed by atoms with Gasteiger partial charge in [-0.05, 0) is 32.1 Å². The van der Waals surface area contributed by atoms with Gasteiger partial charge in [-0.1, -0.05) is 6.92 Å². The normalized spacial score (nSPS) is 25.9. The monoisotopic (exact) mass is 483 g/mol. The molecular weight excluding hydrogens is 449 g/mol. The lowest BCUT2D eigenvalue weighted by Crippen LogP contribution is -2.40. The zero-order valence-electron chi connectivity index (χ0n) is 16.2. The Labute approximate surface area is 174 Å². The zero-order chi connectivity index (χ0) is 18.1. The molecule has 8 heteroatoms. The van der Waals surface area contributed by atoms with Crippen molar-refractivity contribution in [2.45, 2.75) is 39.2 Å². The van der Waals surface area contributed by atoms with Crippen molar-refractivity contribution in [3.63, 3.8) is 0 Å². The Balaban J connectivity index is 0.00000338. The van der Waals surface area contributed by atoms with E-state index in [2.05, 4.69) is 29.1 Å². The molecule has 1 N–H and O–H groups in total. The molecule has 2 aliphatic rings. The maximum atomic E-state index is 11.9. The molecule has 0 amide bonds. The van der Waals surface area contributed by atoms with Crippen molar-refractivity contribution in [2.75, 3.05) is 53.1 Å². The second-order valence-corrected chi connectivity index (χ2v) is 6.81. The Morgan fingerprint density at radius 1 is 1.38 bits per heavy atom. The van der Waals surface area contributed by atoms with Crippen molar-refractivity contribution in [2.24, 2.45) is 16.8 Å². The highest BCUT2D eigenvalue weighted by molar-refractivity contribution is 14.0. The molecular formula is C18H34IN3O4. The van der Waals surface area contributed by atoms with E-state index in [4.69, 9.17) is 14.2 Å². The zero-order valence-corrected chi connectivity index (χ0v) is 18.6. The summed E-state index contributed by atoms with van der Waals surface area (Å²) in [5.41, 5.74) is 0. The van der Waals surface area contributed by atoms with Crippen LogP contribution in [0.4, 0.5) is 0 Å². The van der Waals surface area contributed by atoms with Crippen molar-refractivity contribution < 1.29 is 19.0 Å². The quantitative estimate of drug-likeness (QED) is 0.187. The van der Waals surface area contributed by atoms with Crippen molar-refractivity contribution in [3.05, 3.63) is 0 Å². The van der Waals surface area contributed by atoms with E-state index in [9.17, 15) is 4.79 Å². The molecule has 0 aromatic carbocycles. The van der Waals surface area contributed by atoms with Gasteiger partial charge in [0.05, 0.1) is 25.7 Å². The number of guanidine groups is 1. The maximum absolute atomic E-state index is 11.9. The number of ether oxygens (including phenoxy) is 3. The van der Waals surface area contributed by atoms with Crippen LogP contribution in [0.15, 0.2) is 4.99 Å². The molecule has 3 atom stereocenters. The first-order chi connectivity index (χ1) is 12.2. The highest BCUT2D eigenvalue weighted by Gasteiger charge is 2.36. The van der Waals surface area contributed by atoms with Crippen molar-refractivity contribution in [1.82, 2.24) is 10.2 Å². The summed E-state index contributed by atoms with van der Waals surface area (Å²) in [5.74, 6) is 0.933. The van der Waals surface area contributed by atoms with Crippen molar-refractivity contribution in [3.8, 4) is 0 Å². The van der Waals surface area contributed by atoms with Crippen LogP contribution < -0.4 is 5.32 Å². The minimum absolute atomic E-state index is 0. The van der Waals surface area contributed by atoms with E-state index in [1.165, 1.54) is 7.11 Å². The standard InChI is InChI=1S/C18H33N3O4.HI/c1-4-19-18(21-11-14(2)16(12-21)17(22)23-3)20-8-6-9-24-13-15-7-5-10-25-15;/h14-16H,4-13H2,1-3H3,(H,19,20);1H. The average Bonchev–Trinajstić information content (AvgIpc) is 3.26. The lowest BCUT2D eigenvalue weighted by molar-refractivity contribution is -0.145. The number of methoxy groups -OCH3 is 1. The number of halogens is 1. The van der Waals surface area contributed by atoms with Gasteiger partial charge < -0.3 is 24.4 Å². The molecule has 0 bridgehead atoms. The number of nitrogens with one attached hydrogen (secondary N) is 1. The van der Waals surface area contributed by atoms with Gasteiger partial charge in [0.1, 0.15) is 0 Å². The predicted molar refractivity (Wildman–Crippen MR) is 112 cm³/mol. The Morgan fingerprint density at radius 3 is 2.85 bits per heavy atom. The Bertz CT molecular complexity index is 444. The molecule has 2 rings (SSSR count). The first-order valence-electron chi connectivity index (χ1n) is 9.46. The van der Waals surface area contributed by atoms with Gasteiger partial charge in [0.15, 0.2) is 5.96 Å². The topological polar surface area (TPSA) is 72.4 Å². The number of carbonyl (C=O) groups excluding carboxylic acids is 1. The minimum Gasteiger partial charge on any atom is -0.469 e. The summed E-state index contributed by atoms with van der Waals surface area (Å²) in [7, 11) is 1.45. The molecule has 0 aliphatic carbocycles. The van der Waals surface area contributed by atoms with Crippen LogP contribution in [0.25, 0.3) is 0 Å². The second-order valence-electron chi connectivity index (χ2n) is 6.81. The molecule has 0 saturated carbocycles. The van der Waals surface area contributed by atoms with E-state index < -0.39 is 0 Å². The fraction of sp³-hybridized carbons (Fsp3) is 0.889. The number of esters is 1. The van der Waals surface area contributed by atoms with Gasteiger partial charge in [0.2, 0.25) is 0 Å². The second kappa shape index (κ2) is 12.7. The van der Waals surface area contributed by atoms with Crippen LogP contribution in [0.1, 0.15) is 33.1 Å². The fourth-order valence-corrected chi connectivity index (χ4v) is 3.37. The molecule has 2 fully saturated rings. The number of carbonyl (C=O) groups is 1. The van der Waals surface area contributed by atoms with Crippen LogP contribution >= 0.6 is 24.0 Å². The van der Waals surface area contributed by atoms with E-state index in [1.807, 2.05) is 0 Å². The number of rotatable bonds is 8. The number of nitrogens with zero attached hydrogens (tertiary/aromatic N) is 2. The summed E-state index contributed by atoms with van der Waals surface area (Å²) < 4.78 is 16.1. The van der Waals surface area contributed by atoms with Crippen LogP contribution in [0.2, 0.25) is 0 Å².